The summed E-state index contributed by atoms with van der Waals surface area (Å²) in [4.78, 5) is 8.67. The van der Waals surface area contributed by atoms with E-state index in [1.807, 2.05) is 18.6 Å². The topological polar surface area (TPSA) is 30.7 Å². The molecule has 2 aromatic heterocycles. The van der Waals surface area contributed by atoms with E-state index in [0.29, 0.717) is 0 Å². The van der Waals surface area contributed by atoms with Crippen LogP contribution in [0, 0.1) is 0 Å². The number of hydrogen-bond acceptors (Lipinski definition) is 2. The van der Waals surface area contributed by atoms with Gasteiger partial charge < -0.3 is 4.57 Å². The Hall–Kier alpha value is -1.64. The van der Waals surface area contributed by atoms with Crippen molar-refractivity contribution in [1.29, 1.82) is 0 Å². The van der Waals surface area contributed by atoms with Crippen LogP contribution in [0.25, 0.3) is 11.4 Å². The van der Waals surface area contributed by atoms with Crippen molar-refractivity contribution >= 4 is 0 Å². The second-order valence-electron chi connectivity index (χ2n) is 3.86. The fourth-order valence-corrected chi connectivity index (χ4v) is 2.23. The van der Waals surface area contributed by atoms with Crippen molar-refractivity contribution in [2.45, 2.75) is 26.3 Å². The highest BCUT2D eigenvalue weighted by molar-refractivity contribution is 5.61. The maximum absolute atomic E-state index is 4.49. The van der Waals surface area contributed by atoms with Crippen LogP contribution >= 0.6 is 0 Å². The van der Waals surface area contributed by atoms with Crippen LogP contribution in [0.4, 0.5) is 0 Å². The highest BCUT2D eigenvalue weighted by Crippen LogP contribution is 2.28. The molecule has 0 aromatic carbocycles. The molecule has 2 aromatic rings. The summed E-state index contributed by atoms with van der Waals surface area (Å²) in [6, 6.07) is 2.10. The van der Waals surface area contributed by atoms with Crippen LogP contribution in [0.1, 0.15) is 18.2 Å². The summed E-state index contributed by atoms with van der Waals surface area (Å²) in [7, 11) is 0. The van der Waals surface area contributed by atoms with Crippen molar-refractivity contribution in [2.24, 2.45) is 0 Å². The first-order chi connectivity index (χ1) is 7.40. The van der Waals surface area contributed by atoms with E-state index in [2.05, 4.69) is 27.5 Å². The third-order valence-electron chi connectivity index (χ3n) is 3.06. The molecule has 0 unspecified atom stereocenters. The average molecular weight is 199 g/mol. The molecule has 0 atom stereocenters. The van der Waals surface area contributed by atoms with Crippen molar-refractivity contribution in [3.63, 3.8) is 0 Å². The van der Waals surface area contributed by atoms with Gasteiger partial charge in [0.15, 0.2) is 0 Å². The minimum atomic E-state index is 1.04. The lowest BCUT2D eigenvalue weighted by molar-refractivity contribution is 0.653. The van der Waals surface area contributed by atoms with E-state index < -0.39 is 0 Å². The number of pyridine rings is 1. The summed E-state index contributed by atoms with van der Waals surface area (Å²) in [5.74, 6) is 1.08. The first kappa shape index (κ1) is 8.65. The van der Waals surface area contributed by atoms with Gasteiger partial charge in [-0.2, -0.15) is 0 Å². The van der Waals surface area contributed by atoms with Crippen molar-refractivity contribution in [1.82, 2.24) is 14.5 Å². The smallest absolute Gasteiger partial charge is 0.141 e. The normalized spacial score (nSPS) is 13.4. The molecule has 0 saturated carbocycles. The molecular weight excluding hydrogens is 186 g/mol. The van der Waals surface area contributed by atoms with Crippen LogP contribution in [0.3, 0.4) is 0 Å². The molecule has 0 N–H and O–H groups in total. The van der Waals surface area contributed by atoms with Gasteiger partial charge in [0.25, 0.3) is 0 Å². The molecular formula is C12H13N3. The van der Waals surface area contributed by atoms with Crippen LogP contribution < -0.4 is 0 Å². The van der Waals surface area contributed by atoms with Gasteiger partial charge in [0.2, 0.25) is 0 Å². The summed E-state index contributed by atoms with van der Waals surface area (Å²) in [5.41, 5.74) is 3.88. The lowest BCUT2D eigenvalue weighted by atomic mass is 10.0. The molecule has 1 aliphatic heterocycles. The summed E-state index contributed by atoms with van der Waals surface area (Å²) in [6.45, 7) is 3.22. The van der Waals surface area contributed by atoms with Gasteiger partial charge in [0.05, 0.1) is 0 Å². The highest BCUT2D eigenvalue weighted by Gasteiger charge is 2.18. The number of aryl methyl sites for hydroxylation is 2. The number of aromatic nitrogens is 3. The zero-order chi connectivity index (χ0) is 10.3. The minimum absolute atomic E-state index is 1.04. The number of hydrogen-bond donors (Lipinski definition) is 0. The van der Waals surface area contributed by atoms with Crippen LogP contribution in [0.15, 0.2) is 24.7 Å². The van der Waals surface area contributed by atoms with Gasteiger partial charge in [-0.3, -0.25) is 4.98 Å². The highest BCUT2D eigenvalue weighted by atomic mass is 15.1. The molecule has 76 valence electrons. The van der Waals surface area contributed by atoms with E-state index in [1.165, 1.54) is 16.8 Å². The van der Waals surface area contributed by atoms with Gasteiger partial charge in [-0.1, -0.05) is 6.92 Å². The molecule has 3 heterocycles. The third-order valence-corrected chi connectivity index (χ3v) is 3.06. The number of rotatable bonds is 1. The standard InChI is InChI=1S/C12H13N3/c1-2-10-7-14-12-11-8-13-5-3-9(11)4-6-15(10)12/h3,5,7-8H,2,4,6H2,1H3. The Morgan fingerprint density at radius 1 is 1.40 bits per heavy atom. The van der Waals surface area contributed by atoms with Crippen molar-refractivity contribution in [3.05, 3.63) is 35.9 Å². The quantitative estimate of drug-likeness (QED) is 0.704. The Bertz CT molecular complexity index is 499. The Labute approximate surface area is 88.8 Å². The van der Waals surface area contributed by atoms with Crippen LogP contribution in [-0.4, -0.2) is 14.5 Å². The van der Waals surface area contributed by atoms with E-state index in [0.717, 1.165) is 25.2 Å². The van der Waals surface area contributed by atoms with Crippen molar-refractivity contribution in [3.8, 4) is 11.4 Å². The minimum Gasteiger partial charge on any atom is -0.328 e. The average Bonchev–Trinajstić information content (AvgIpc) is 2.72. The molecule has 15 heavy (non-hydrogen) atoms. The second kappa shape index (κ2) is 3.19. The molecule has 0 amide bonds. The van der Waals surface area contributed by atoms with E-state index in [9.17, 15) is 0 Å². The Kier molecular flexibility index (Phi) is 1.84. The molecule has 1 aliphatic rings. The molecule has 0 saturated heterocycles. The SMILES string of the molecule is CCc1cnc2n1CCc1ccncc1-2. The van der Waals surface area contributed by atoms with Gasteiger partial charge >= 0.3 is 0 Å². The zero-order valence-corrected chi connectivity index (χ0v) is 8.77. The summed E-state index contributed by atoms with van der Waals surface area (Å²) in [5, 5.41) is 0. The predicted molar refractivity (Wildman–Crippen MR) is 58.5 cm³/mol. The number of nitrogens with zero attached hydrogens (tertiary/aromatic N) is 3. The zero-order valence-electron chi connectivity index (χ0n) is 8.77. The summed E-state index contributed by atoms with van der Waals surface area (Å²) >= 11 is 0. The first-order valence-electron chi connectivity index (χ1n) is 5.38. The van der Waals surface area contributed by atoms with Crippen molar-refractivity contribution < 1.29 is 0 Å². The van der Waals surface area contributed by atoms with Crippen molar-refractivity contribution in [2.75, 3.05) is 0 Å². The molecule has 3 rings (SSSR count). The Morgan fingerprint density at radius 3 is 3.20 bits per heavy atom. The maximum atomic E-state index is 4.49. The van der Waals surface area contributed by atoms with E-state index in [4.69, 9.17) is 0 Å². The largest absolute Gasteiger partial charge is 0.328 e. The number of fused-ring (bicyclic) bond motifs is 3. The molecule has 3 heteroatoms. The monoisotopic (exact) mass is 199 g/mol. The third kappa shape index (κ3) is 1.19. The van der Waals surface area contributed by atoms with Gasteiger partial charge in [0, 0.05) is 36.4 Å². The van der Waals surface area contributed by atoms with Gasteiger partial charge in [-0.25, -0.2) is 4.98 Å². The van der Waals surface area contributed by atoms with E-state index >= 15 is 0 Å². The van der Waals surface area contributed by atoms with Gasteiger partial charge in [-0.15, -0.1) is 0 Å². The molecule has 0 aliphatic carbocycles. The Balaban J connectivity index is 2.22. The van der Waals surface area contributed by atoms with Gasteiger partial charge in [-0.05, 0) is 24.5 Å². The summed E-state index contributed by atoms with van der Waals surface area (Å²) in [6.07, 6.45) is 7.90. The van der Waals surface area contributed by atoms with Crippen LogP contribution in [0.2, 0.25) is 0 Å². The number of imidazole rings is 1. The first-order valence-corrected chi connectivity index (χ1v) is 5.38. The van der Waals surface area contributed by atoms with Crippen LogP contribution in [-0.2, 0) is 19.4 Å². The molecule has 3 nitrogen and oxygen atoms in total. The van der Waals surface area contributed by atoms with Crippen LogP contribution in [0.5, 0.6) is 0 Å². The molecule has 0 spiro atoms. The lowest BCUT2D eigenvalue weighted by Gasteiger charge is -2.18. The molecule has 0 bridgehead atoms. The molecule has 0 radical (unpaired) electrons. The lowest BCUT2D eigenvalue weighted by Crippen LogP contribution is -2.13. The summed E-state index contributed by atoms with van der Waals surface area (Å²) < 4.78 is 2.31. The van der Waals surface area contributed by atoms with E-state index in [1.54, 1.807) is 0 Å². The second-order valence-corrected chi connectivity index (χ2v) is 3.86. The maximum Gasteiger partial charge on any atom is 0.141 e. The fourth-order valence-electron chi connectivity index (χ4n) is 2.23. The predicted octanol–water partition coefficient (Wildman–Crippen LogP) is 2.06. The van der Waals surface area contributed by atoms with Gasteiger partial charge in [0.1, 0.15) is 5.82 Å². The fraction of sp³-hybridized carbons (Fsp3) is 0.333. The molecule has 0 fully saturated rings. The Morgan fingerprint density at radius 2 is 2.33 bits per heavy atom. The van der Waals surface area contributed by atoms with E-state index in [-0.39, 0.29) is 0 Å².